The van der Waals surface area contributed by atoms with Crippen LogP contribution in [0.15, 0.2) is 91.5 Å². The predicted octanol–water partition coefficient (Wildman–Crippen LogP) is 7.95. The van der Waals surface area contributed by atoms with Gasteiger partial charge in [-0.15, -0.1) is 0 Å². The van der Waals surface area contributed by atoms with E-state index in [4.69, 9.17) is 0 Å². The maximum absolute atomic E-state index is 4.32. The molecule has 0 unspecified atom stereocenters. The van der Waals surface area contributed by atoms with Crippen molar-refractivity contribution in [2.24, 2.45) is 0 Å². The topological polar surface area (TPSA) is 0 Å². The zero-order chi connectivity index (χ0) is 20.1. The van der Waals surface area contributed by atoms with Crippen molar-refractivity contribution in [2.75, 3.05) is 0 Å². The fraction of sp³-hybridized carbons (Fsp3) is 0.143. The van der Waals surface area contributed by atoms with Crippen LogP contribution in [-0.2, 0) is 0 Å². The molecule has 0 nitrogen and oxygen atoms in total. The van der Waals surface area contributed by atoms with E-state index in [9.17, 15) is 0 Å². The minimum atomic E-state index is 1.03. The van der Waals surface area contributed by atoms with Gasteiger partial charge in [0.1, 0.15) is 0 Å². The van der Waals surface area contributed by atoms with Gasteiger partial charge in [-0.25, -0.2) is 0 Å². The second-order valence-electron chi connectivity index (χ2n) is 7.28. The molecule has 0 aromatic heterocycles. The summed E-state index contributed by atoms with van der Waals surface area (Å²) in [5, 5.41) is 0. The average Bonchev–Trinajstić information content (AvgIpc) is 2.68. The van der Waals surface area contributed by atoms with Crippen LogP contribution in [0.3, 0.4) is 0 Å². The van der Waals surface area contributed by atoms with Gasteiger partial charge >= 0.3 is 0 Å². The maximum atomic E-state index is 4.32. The molecule has 0 bridgehead atoms. The SMILES string of the molecule is C=C(/C=C(\C=C/C)c1ccc(-c2ccccc2C)c(C)c1)c1ccccc1C. The molecule has 0 aliphatic heterocycles. The van der Waals surface area contributed by atoms with Crippen molar-refractivity contribution in [3.8, 4) is 11.1 Å². The van der Waals surface area contributed by atoms with E-state index in [1.54, 1.807) is 0 Å². The summed E-state index contributed by atoms with van der Waals surface area (Å²) < 4.78 is 0. The Kier molecular flexibility index (Phi) is 6.11. The molecule has 0 fully saturated rings. The van der Waals surface area contributed by atoms with Crippen molar-refractivity contribution < 1.29 is 0 Å². The van der Waals surface area contributed by atoms with Gasteiger partial charge in [0.05, 0.1) is 0 Å². The molecule has 0 aliphatic rings. The Morgan fingerprint density at radius 2 is 1.39 bits per heavy atom. The first-order valence-electron chi connectivity index (χ1n) is 9.77. The fourth-order valence-electron chi connectivity index (χ4n) is 3.63. The standard InChI is InChI=1S/C28H28/c1-6-11-24(18-22(4)26-14-9-7-12-20(26)2)25-16-17-28(23(5)19-25)27-15-10-8-13-21(27)3/h6-19H,4H2,1-3,5H3/b11-6-,24-18+. The lowest BCUT2D eigenvalue weighted by Crippen LogP contribution is -1.91. The van der Waals surface area contributed by atoms with Gasteiger partial charge < -0.3 is 0 Å². The largest absolute Gasteiger partial charge is 0.0911 e. The molecule has 0 radical (unpaired) electrons. The van der Waals surface area contributed by atoms with Crippen LogP contribution in [0.5, 0.6) is 0 Å². The highest BCUT2D eigenvalue weighted by Gasteiger charge is 2.08. The van der Waals surface area contributed by atoms with Crippen LogP contribution >= 0.6 is 0 Å². The molecule has 0 aliphatic carbocycles. The van der Waals surface area contributed by atoms with Crippen molar-refractivity contribution in [3.63, 3.8) is 0 Å². The van der Waals surface area contributed by atoms with Crippen molar-refractivity contribution in [3.05, 3.63) is 119 Å². The summed E-state index contributed by atoms with van der Waals surface area (Å²) in [6, 6.07) is 23.7. The van der Waals surface area contributed by atoms with Gasteiger partial charge in [0.25, 0.3) is 0 Å². The molecule has 0 atom stereocenters. The van der Waals surface area contributed by atoms with Crippen molar-refractivity contribution in [1.82, 2.24) is 0 Å². The van der Waals surface area contributed by atoms with Crippen molar-refractivity contribution in [1.29, 1.82) is 0 Å². The Hall–Kier alpha value is -3.12. The van der Waals surface area contributed by atoms with Crippen LogP contribution in [0.4, 0.5) is 0 Å². The summed E-state index contributed by atoms with van der Waals surface area (Å²) in [5.41, 5.74) is 11.0. The zero-order valence-corrected chi connectivity index (χ0v) is 17.3. The summed E-state index contributed by atoms with van der Waals surface area (Å²) in [6.45, 7) is 12.9. The molecular formula is C28H28. The molecule has 3 rings (SSSR count). The van der Waals surface area contributed by atoms with Gasteiger partial charge in [0.2, 0.25) is 0 Å². The highest BCUT2D eigenvalue weighted by atomic mass is 14.1. The number of hydrogen-bond acceptors (Lipinski definition) is 0. The minimum Gasteiger partial charge on any atom is -0.0911 e. The predicted molar refractivity (Wildman–Crippen MR) is 124 cm³/mol. The number of hydrogen-bond donors (Lipinski definition) is 0. The normalized spacial score (nSPS) is 11.8. The molecule has 0 N–H and O–H groups in total. The minimum absolute atomic E-state index is 1.03. The highest BCUT2D eigenvalue weighted by molar-refractivity contribution is 5.88. The van der Waals surface area contributed by atoms with Crippen LogP contribution in [0.25, 0.3) is 22.3 Å². The Morgan fingerprint density at radius 1 is 0.750 bits per heavy atom. The highest BCUT2D eigenvalue weighted by Crippen LogP contribution is 2.30. The number of rotatable bonds is 5. The van der Waals surface area contributed by atoms with Gasteiger partial charge in [-0.2, -0.15) is 0 Å². The first-order valence-corrected chi connectivity index (χ1v) is 9.77. The molecular weight excluding hydrogens is 336 g/mol. The maximum Gasteiger partial charge on any atom is -0.0152 e. The van der Waals surface area contributed by atoms with E-state index in [2.05, 4.69) is 119 Å². The second kappa shape index (κ2) is 8.71. The molecule has 3 aromatic rings. The zero-order valence-electron chi connectivity index (χ0n) is 17.3. The number of benzene rings is 3. The van der Waals surface area contributed by atoms with Crippen LogP contribution in [-0.4, -0.2) is 0 Å². The molecule has 0 heteroatoms. The van der Waals surface area contributed by atoms with E-state index in [1.807, 2.05) is 0 Å². The molecule has 0 spiro atoms. The summed E-state index contributed by atoms with van der Waals surface area (Å²) in [4.78, 5) is 0. The molecule has 28 heavy (non-hydrogen) atoms. The van der Waals surface area contributed by atoms with Crippen LogP contribution < -0.4 is 0 Å². The number of allylic oxidation sites excluding steroid dienone is 5. The van der Waals surface area contributed by atoms with Gasteiger partial charge in [0, 0.05) is 0 Å². The number of aryl methyl sites for hydroxylation is 3. The van der Waals surface area contributed by atoms with Crippen molar-refractivity contribution >= 4 is 11.1 Å². The second-order valence-corrected chi connectivity index (χ2v) is 7.28. The van der Waals surface area contributed by atoms with Crippen LogP contribution in [0, 0.1) is 20.8 Å². The third-order valence-electron chi connectivity index (χ3n) is 5.16. The summed E-state index contributed by atoms with van der Waals surface area (Å²) in [5.74, 6) is 0. The molecule has 3 aromatic carbocycles. The van der Waals surface area contributed by atoms with E-state index in [1.165, 1.54) is 44.5 Å². The Labute approximate surface area is 169 Å². The lowest BCUT2D eigenvalue weighted by molar-refractivity contribution is 1.40. The van der Waals surface area contributed by atoms with Gasteiger partial charge in [-0.1, -0.05) is 85.5 Å². The van der Waals surface area contributed by atoms with Crippen LogP contribution in [0.2, 0.25) is 0 Å². The van der Waals surface area contributed by atoms with E-state index in [0.29, 0.717) is 0 Å². The molecule has 140 valence electrons. The quantitative estimate of drug-likeness (QED) is 0.403. The first-order chi connectivity index (χ1) is 13.5. The average molecular weight is 365 g/mol. The molecule has 0 heterocycles. The van der Waals surface area contributed by atoms with Gasteiger partial charge in [-0.05, 0) is 83.9 Å². The summed E-state index contributed by atoms with van der Waals surface area (Å²) in [7, 11) is 0. The smallest absolute Gasteiger partial charge is 0.0152 e. The van der Waals surface area contributed by atoms with Gasteiger partial charge in [-0.3, -0.25) is 0 Å². The lowest BCUT2D eigenvalue weighted by atomic mass is 9.92. The summed E-state index contributed by atoms with van der Waals surface area (Å²) in [6.07, 6.45) is 6.43. The van der Waals surface area contributed by atoms with Crippen molar-refractivity contribution in [2.45, 2.75) is 27.7 Å². The Morgan fingerprint density at radius 3 is 2.04 bits per heavy atom. The van der Waals surface area contributed by atoms with E-state index in [-0.39, 0.29) is 0 Å². The third-order valence-corrected chi connectivity index (χ3v) is 5.16. The van der Waals surface area contributed by atoms with E-state index >= 15 is 0 Å². The molecule has 0 saturated carbocycles. The van der Waals surface area contributed by atoms with Crippen LogP contribution in [0.1, 0.15) is 34.7 Å². The van der Waals surface area contributed by atoms with Gasteiger partial charge in [0.15, 0.2) is 0 Å². The Balaban J connectivity index is 2.02. The third kappa shape index (κ3) is 4.23. The molecule has 0 saturated heterocycles. The Bertz CT molecular complexity index is 1060. The lowest BCUT2D eigenvalue weighted by Gasteiger charge is -2.13. The van der Waals surface area contributed by atoms with E-state index < -0.39 is 0 Å². The fourth-order valence-corrected chi connectivity index (χ4v) is 3.63. The first kappa shape index (κ1) is 19.6. The monoisotopic (exact) mass is 364 g/mol. The molecule has 0 amide bonds. The van der Waals surface area contributed by atoms with E-state index in [0.717, 1.165) is 5.57 Å². The summed E-state index contributed by atoms with van der Waals surface area (Å²) >= 11 is 0.